The molecule has 0 radical (unpaired) electrons. The van der Waals surface area contributed by atoms with Gasteiger partial charge in [0.25, 0.3) is 5.91 Å². The number of carbonyl (C=O) groups excluding carboxylic acids is 1. The highest BCUT2D eigenvalue weighted by Crippen LogP contribution is 2.13. The lowest BCUT2D eigenvalue weighted by atomic mass is 10.2. The smallest absolute Gasteiger partial charge is 0.251 e. The normalized spacial score (nSPS) is 19.8. The van der Waals surface area contributed by atoms with E-state index in [0.717, 1.165) is 37.7 Å². The summed E-state index contributed by atoms with van der Waals surface area (Å²) in [7, 11) is 0. The van der Waals surface area contributed by atoms with Crippen LogP contribution in [0.1, 0.15) is 5.56 Å². The summed E-state index contributed by atoms with van der Waals surface area (Å²) in [6.07, 6.45) is 0. The standard InChI is InChI=1S/C14H18N4O/c19-13-10-16-14(17-8-6-15-7-9-17)18(13)11-12-4-2-1-3-5-12/h1-5,15H,6-11H2. The maximum Gasteiger partial charge on any atom is 0.251 e. The van der Waals surface area contributed by atoms with Gasteiger partial charge >= 0.3 is 0 Å². The number of hydrogen-bond acceptors (Lipinski definition) is 4. The summed E-state index contributed by atoms with van der Waals surface area (Å²) in [4.78, 5) is 20.4. The van der Waals surface area contributed by atoms with Crippen LogP contribution in [-0.2, 0) is 11.3 Å². The second-order valence-corrected chi connectivity index (χ2v) is 4.82. The van der Waals surface area contributed by atoms with E-state index in [-0.39, 0.29) is 12.5 Å². The van der Waals surface area contributed by atoms with Crippen molar-refractivity contribution in [2.75, 3.05) is 32.7 Å². The molecule has 1 N–H and O–H groups in total. The Hall–Kier alpha value is -1.88. The Morgan fingerprint density at radius 1 is 1.16 bits per heavy atom. The Balaban J connectivity index is 1.74. The van der Waals surface area contributed by atoms with Gasteiger partial charge in [0.2, 0.25) is 5.96 Å². The summed E-state index contributed by atoms with van der Waals surface area (Å²) in [5, 5.41) is 3.31. The Morgan fingerprint density at radius 3 is 2.63 bits per heavy atom. The Labute approximate surface area is 112 Å². The van der Waals surface area contributed by atoms with Gasteiger partial charge in [0, 0.05) is 26.2 Å². The minimum atomic E-state index is 0.0948. The SMILES string of the molecule is O=C1CN=C(N2CCNCC2)N1Cc1ccccc1. The van der Waals surface area contributed by atoms with Crippen molar-refractivity contribution in [2.24, 2.45) is 4.99 Å². The third kappa shape index (κ3) is 2.61. The van der Waals surface area contributed by atoms with Gasteiger partial charge in [0.1, 0.15) is 6.54 Å². The summed E-state index contributed by atoms with van der Waals surface area (Å²) in [6, 6.07) is 10.1. The van der Waals surface area contributed by atoms with E-state index >= 15 is 0 Å². The molecule has 5 heteroatoms. The first kappa shape index (κ1) is 12.2. The maximum absolute atomic E-state index is 12.0. The number of aliphatic imine (C=N–C) groups is 1. The van der Waals surface area contributed by atoms with E-state index in [1.54, 1.807) is 4.90 Å². The van der Waals surface area contributed by atoms with Gasteiger partial charge in [-0.2, -0.15) is 0 Å². The van der Waals surface area contributed by atoms with Crippen LogP contribution in [0.3, 0.4) is 0 Å². The molecule has 0 bridgehead atoms. The minimum Gasteiger partial charge on any atom is -0.340 e. The summed E-state index contributed by atoms with van der Waals surface area (Å²) in [5.74, 6) is 0.938. The first-order valence-electron chi connectivity index (χ1n) is 6.69. The van der Waals surface area contributed by atoms with E-state index in [2.05, 4.69) is 15.2 Å². The van der Waals surface area contributed by atoms with Crippen LogP contribution in [0.5, 0.6) is 0 Å². The van der Waals surface area contributed by atoms with Gasteiger partial charge in [-0.25, -0.2) is 4.99 Å². The van der Waals surface area contributed by atoms with Crippen LogP contribution in [0, 0.1) is 0 Å². The molecule has 0 atom stereocenters. The number of rotatable bonds is 2. The summed E-state index contributed by atoms with van der Waals surface area (Å²) in [6.45, 7) is 4.63. The summed E-state index contributed by atoms with van der Waals surface area (Å²) >= 11 is 0. The van der Waals surface area contributed by atoms with E-state index < -0.39 is 0 Å². The van der Waals surface area contributed by atoms with Crippen LogP contribution in [0.25, 0.3) is 0 Å². The highest BCUT2D eigenvalue weighted by Gasteiger charge is 2.30. The predicted molar refractivity (Wildman–Crippen MR) is 73.7 cm³/mol. The fourth-order valence-electron chi connectivity index (χ4n) is 2.48. The van der Waals surface area contributed by atoms with Gasteiger partial charge in [-0.15, -0.1) is 0 Å². The van der Waals surface area contributed by atoms with Crippen molar-refractivity contribution in [2.45, 2.75) is 6.54 Å². The fraction of sp³-hybridized carbons (Fsp3) is 0.429. The highest BCUT2D eigenvalue weighted by molar-refractivity contribution is 6.02. The highest BCUT2D eigenvalue weighted by atomic mass is 16.2. The van der Waals surface area contributed by atoms with Crippen molar-refractivity contribution < 1.29 is 4.79 Å². The molecule has 3 rings (SSSR count). The monoisotopic (exact) mass is 258 g/mol. The largest absolute Gasteiger partial charge is 0.340 e. The molecular weight excluding hydrogens is 240 g/mol. The molecule has 0 spiro atoms. The molecule has 5 nitrogen and oxygen atoms in total. The van der Waals surface area contributed by atoms with Gasteiger partial charge in [-0.1, -0.05) is 30.3 Å². The quantitative estimate of drug-likeness (QED) is 0.829. The molecule has 0 saturated carbocycles. The molecule has 1 aromatic rings. The number of benzene rings is 1. The van der Waals surface area contributed by atoms with Gasteiger partial charge in [-0.05, 0) is 5.56 Å². The molecule has 0 aliphatic carbocycles. The van der Waals surface area contributed by atoms with Crippen molar-refractivity contribution in [1.82, 2.24) is 15.1 Å². The van der Waals surface area contributed by atoms with Crippen molar-refractivity contribution in [3.63, 3.8) is 0 Å². The molecule has 19 heavy (non-hydrogen) atoms. The number of amides is 1. The van der Waals surface area contributed by atoms with Crippen LogP contribution in [0.4, 0.5) is 0 Å². The van der Waals surface area contributed by atoms with Crippen molar-refractivity contribution >= 4 is 11.9 Å². The zero-order chi connectivity index (χ0) is 13.1. The number of carbonyl (C=O) groups is 1. The molecule has 2 aliphatic heterocycles. The number of hydrogen-bond donors (Lipinski definition) is 1. The summed E-state index contributed by atoms with van der Waals surface area (Å²) < 4.78 is 0. The third-order valence-electron chi connectivity index (χ3n) is 3.48. The van der Waals surface area contributed by atoms with E-state index in [9.17, 15) is 4.79 Å². The lowest BCUT2D eigenvalue weighted by Gasteiger charge is -2.33. The molecule has 2 aliphatic rings. The van der Waals surface area contributed by atoms with Crippen molar-refractivity contribution in [3.05, 3.63) is 35.9 Å². The lowest BCUT2D eigenvalue weighted by molar-refractivity contribution is -0.125. The van der Waals surface area contributed by atoms with Gasteiger partial charge < -0.3 is 10.2 Å². The Bertz CT molecular complexity index is 479. The van der Waals surface area contributed by atoms with Crippen molar-refractivity contribution in [3.8, 4) is 0 Å². The number of nitrogens with zero attached hydrogens (tertiary/aromatic N) is 3. The predicted octanol–water partition coefficient (Wildman–Crippen LogP) is 0.290. The molecule has 1 fully saturated rings. The van der Waals surface area contributed by atoms with Crippen LogP contribution >= 0.6 is 0 Å². The number of piperazine rings is 1. The Morgan fingerprint density at radius 2 is 1.89 bits per heavy atom. The van der Waals surface area contributed by atoms with E-state index in [1.165, 1.54) is 0 Å². The molecule has 100 valence electrons. The number of nitrogens with one attached hydrogen (secondary N) is 1. The molecule has 1 aromatic carbocycles. The van der Waals surface area contributed by atoms with Crippen LogP contribution < -0.4 is 5.32 Å². The Kier molecular flexibility index (Phi) is 3.46. The average Bonchev–Trinajstić information content (AvgIpc) is 2.82. The third-order valence-corrected chi connectivity index (χ3v) is 3.48. The second kappa shape index (κ2) is 5.40. The molecule has 0 aromatic heterocycles. The average molecular weight is 258 g/mol. The van der Waals surface area contributed by atoms with Crippen molar-refractivity contribution in [1.29, 1.82) is 0 Å². The molecule has 1 amide bonds. The van der Waals surface area contributed by atoms with E-state index in [1.807, 2.05) is 30.3 Å². The van der Waals surface area contributed by atoms with Crippen LogP contribution in [-0.4, -0.2) is 54.4 Å². The topological polar surface area (TPSA) is 47.9 Å². The van der Waals surface area contributed by atoms with Gasteiger partial charge in [-0.3, -0.25) is 9.69 Å². The lowest BCUT2D eigenvalue weighted by Crippen LogP contribution is -2.51. The van der Waals surface area contributed by atoms with Gasteiger partial charge in [0.15, 0.2) is 0 Å². The zero-order valence-corrected chi connectivity index (χ0v) is 10.9. The maximum atomic E-state index is 12.0. The minimum absolute atomic E-state index is 0.0948. The molecule has 1 saturated heterocycles. The van der Waals surface area contributed by atoms with Crippen LogP contribution in [0.2, 0.25) is 0 Å². The first-order chi connectivity index (χ1) is 9.34. The van der Waals surface area contributed by atoms with Crippen LogP contribution in [0.15, 0.2) is 35.3 Å². The molecule has 0 unspecified atom stereocenters. The van der Waals surface area contributed by atoms with E-state index in [0.29, 0.717) is 6.54 Å². The zero-order valence-electron chi connectivity index (χ0n) is 10.9. The molecular formula is C14H18N4O. The summed E-state index contributed by atoms with van der Waals surface area (Å²) in [5.41, 5.74) is 1.14. The molecule has 2 heterocycles. The number of guanidine groups is 1. The second-order valence-electron chi connectivity index (χ2n) is 4.82. The van der Waals surface area contributed by atoms with Gasteiger partial charge in [0.05, 0.1) is 6.54 Å². The first-order valence-corrected chi connectivity index (χ1v) is 6.69. The van der Waals surface area contributed by atoms with E-state index in [4.69, 9.17) is 0 Å². The fourth-order valence-corrected chi connectivity index (χ4v) is 2.48.